The third-order valence-corrected chi connectivity index (χ3v) is 6.80. The minimum Gasteiger partial charge on any atom is -0.292 e. The van der Waals surface area contributed by atoms with Gasteiger partial charge in [0.1, 0.15) is 11.5 Å². The Kier molecular flexibility index (Phi) is 7.42. The van der Waals surface area contributed by atoms with E-state index in [-0.39, 0.29) is 48.9 Å². The molecule has 0 radical (unpaired) electrons. The number of hydrogen-bond donors (Lipinski definition) is 0. The number of rotatable bonds is 4. The van der Waals surface area contributed by atoms with Crippen LogP contribution >= 0.6 is 23.4 Å². The first-order valence-electron chi connectivity index (χ1n) is 10.7. The van der Waals surface area contributed by atoms with Crippen molar-refractivity contribution in [2.24, 2.45) is 12.0 Å². The van der Waals surface area contributed by atoms with Gasteiger partial charge in [-0.1, -0.05) is 35.5 Å². The summed E-state index contributed by atoms with van der Waals surface area (Å²) >= 11 is 6.98. The highest BCUT2D eigenvalue weighted by Gasteiger charge is 2.36. The molecule has 1 aliphatic rings. The summed E-state index contributed by atoms with van der Waals surface area (Å²) in [6.45, 7) is -0.292. The molecule has 0 aliphatic carbocycles. The molecule has 1 aromatic heterocycles. The first-order valence-corrected chi connectivity index (χ1v) is 12.0. The predicted molar refractivity (Wildman–Crippen MR) is 129 cm³/mol. The van der Waals surface area contributed by atoms with Gasteiger partial charge in [-0.2, -0.15) is 26.3 Å². The van der Waals surface area contributed by atoms with E-state index in [9.17, 15) is 45.1 Å². The number of carbonyl (C=O) groups is 1. The number of amides is 1. The summed E-state index contributed by atoms with van der Waals surface area (Å²) in [4.78, 5) is 42.7. The second-order valence-corrected chi connectivity index (χ2v) is 9.51. The van der Waals surface area contributed by atoms with Gasteiger partial charge in [0.15, 0.2) is 5.17 Å². The Hall–Kier alpha value is -3.59. The number of thioether (sulfide) groups is 1. The van der Waals surface area contributed by atoms with E-state index in [0.29, 0.717) is 6.07 Å². The molecule has 16 heteroatoms. The van der Waals surface area contributed by atoms with Crippen molar-refractivity contribution in [2.45, 2.75) is 18.9 Å². The van der Waals surface area contributed by atoms with Crippen LogP contribution in [0.25, 0.3) is 5.69 Å². The molecule has 1 saturated heterocycles. The number of benzene rings is 2. The van der Waals surface area contributed by atoms with Gasteiger partial charge in [-0.05, 0) is 29.8 Å². The van der Waals surface area contributed by atoms with Gasteiger partial charge in [0, 0.05) is 13.1 Å². The number of aromatic nitrogens is 2. The molecule has 7 nitrogen and oxygen atoms in total. The average Bonchev–Trinajstić information content (AvgIpc) is 3.16. The van der Waals surface area contributed by atoms with Crippen LogP contribution in [0.15, 0.2) is 57.0 Å². The van der Waals surface area contributed by atoms with E-state index < -0.39 is 52.3 Å². The van der Waals surface area contributed by atoms with Gasteiger partial charge in [-0.25, -0.2) is 18.7 Å². The van der Waals surface area contributed by atoms with Crippen LogP contribution in [-0.2, 0) is 30.7 Å². The molecule has 1 aliphatic heterocycles. The lowest BCUT2D eigenvalue weighted by Crippen LogP contribution is -2.41. The fraction of sp³-hybridized carbons (Fsp3) is 0.217. The molecular formula is C23H14ClF7N4O3S. The molecule has 1 fully saturated rings. The molecule has 0 unspecified atom stereocenters. The monoisotopic (exact) mass is 594 g/mol. The number of carbonyl (C=O) groups excluding carboxylic acids is 1. The number of nitrogens with zero attached hydrogens (tertiary/aromatic N) is 4. The zero-order valence-corrected chi connectivity index (χ0v) is 21.0. The minimum absolute atomic E-state index is 0.0236. The van der Waals surface area contributed by atoms with Gasteiger partial charge in [0.25, 0.3) is 5.56 Å². The van der Waals surface area contributed by atoms with Crippen molar-refractivity contribution in [1.29, 1.82) is 0 Å². The summed E-state index contributed by atoms with van der Waals surface area (Å²) in [6, 6.07) is 5.93. The second kappa shape index (κ2) is 10.2. The number of hydrogen-bond acceptors (Lipinski definition) is 5. The molecule has 39 heavy (non-hydrogen) atoms. The van der Waals surface area contributed by atoms with Gasteiger partial charge in [0.2, 0.25) is 5.91 Å². The standard InChI is InChI=1S/C23H14ClF7N4O3S/c1-33-17(23(29,30)31)8-18(36)35(21(33)38)16-7-15(13(24)6-14(16)25)32-20-34(19(37)10-39-20)9-11-3-2-4-12(5-11)22(26,27)28/h2-8H,9-10H2,1H3. The van der Waals surface area contributed by atoms with E-state index in [4.69, 9.17) is 11.6 Å². The fourth-order valence-corrected chi connectivity index (χ4v) is 4.76. The molecule has 0 spiro atoms. The molecule has 0 atom stereocenters. The summed E-state index contributed by atoms with van der Waals surface area (Å²) in [5, 5.41) is -0.357. The van der Waals surface area contributed by atoms with Crippen LogP contribution < -0.4 is 11.2 Å². The molecule has 4 rings (SSSR count). The second-order valence-electron chi connectivity index (χ2n) is 8.16. The number of halogens is 8. The highest BCUT2D eigenvalue weighted by Crippen LogP contribution is 2.34. The van der Waals surface area contributed by atoms with Crippen LogP contribution in [0.1, 0.15) is 16.8 Å². The molecule has 1 amide bonds. The average molecular weight is 595 g/mol. The maximum Gasteiger partial charge on any atom is 0.431 e. The Labute approximate surface area is 223 Å². The fourth-order valence-electron chi connectivity index (χ4n) is 3.67. The summed E-state index contributed by atoms with van der Waals surface area (Å²) in [6.07, 6.45) is -9.64. The van der Waals surface area contributed by atoms with Crippen LogP contribution in [0, 0.1) is 5.82 Å². The Morgan fingerprint density at radius 3 is 2.33 bits per heavy atom. The Morgan fingerprint density at radius 1 is 1.00 bits per heavy atom. The lowest BCUT2D eigenvalue weighted by molar-refractivity contribution is -0.144. The van der Waals surface area contributed by atoms with Crippen LogP contribution in [-0.4, -0.2) is 30.9 Å². The summed E-state index contributed by atoms with van der Waals surface area (Å²) in [5.74, 6) is -1.84. The molecule has 2 heterocycles. The van der Waals surface area contributed by atoms with Gasteiger partial charge < -0.3 is 0 Å². The summed E-state index contributed by atoms with van der Waals surface area (Å²) in [5.41, 5.74) is -6.31. The molecule has 0 saturated carbocycles. The van der Waals surface area contributed by atoms with Crippen LogP contribution in [0.2, 0.25) is 5.02 Å². The SMILES string of the molecule is Cn1c(C(F)(F)F)cc(=O)n(-c2cc(N=C3SCC(=O)N3Cc3cccc(C(F)(F)F)c3)c(Cl)cc2F)c1=O. The molecule has 3 aromatic rings. The smallest absolute Gasteiger partial charge is 0.292 e. The van der Waals surface area contributed by atoms with Gasteiger partial charge >= 0.3 is 18.0 Å². The van der Waals surface area contributed by atoms with Crippen molar-refractivity contribution in [3.63, 3.8) is 0 Å². The topological polar surface area (TPSA) is 76.7 Å². The molecule has 2 aromatic carbocycles. The van der Waals surface area contributed by atoms with Crippen LogP contribution in [0.3, 0.4) is 0 Å². The van der Waals surface area contributed by atoms with Crippen LogP contribution in [0.5, 0.6) is 0 Å². The van der Waals surface area contributed by atoms with Crippen molar-refractivity contribution < 1.29 is 35.5 Å². The molecule has 0 bridgehead atoms. The van der Waals surface area contributed by atoms with E-state index in [1.165, 1.54) is 12.1 Å². The Morgan fingerprint density at radius 2 is 1.69 bits per heavy atom. The maximum absolute atomic E-state index is 14.8. The van der Waals surface area contributed by atoms with Crippen molar-refractivity contribution in [3.8, 4) is 5.69 Å². The maximum atomic E-state index is 14.8. The van der Waals surface area contributed by atoms with E-state index in [2.05, 4.69) is 4.99 Å². The van der Waals surface area contributed by atoms with Gasteiger partial charge in [0.05, 0.1) is 34.3 Å². The molecule has 206 valence electrons. The zero-order chi connectivity index (χ0) is 28.9. The Balaban J connectivity index is 1.77. The first kappa shape index (κ1) is 28.4. The molecular weight excluding hydrogens is 581 g/mol. The van der Waals surface area contributed by atoms with E-state index in [1.54, 1.807) is 0 Å². The van der Waals surface area contributed by atoms with Gasteiger partial charge in [-0.3, -0.25) is 19.1 Å². The van der Waals surface area contributed by atoms with Crippen molar-refractivity contribution in [2.75, 3.05) is 5.75 Å². The normalized spacial score (nSPS) is 15.5. The highest BCUT2D eigenvalue weighted by atomic mass is 35.5. The summed E-state index contributed by atoms with van der Waals surface area (Å²) < 4.78 is 93.8. The van der Waals surface area contributed by atoms with E-state index in [1.807, 2.05) is 0 Å². The van der Waals surface area contributed by atoms with E-state index in [0.717, 1.165) is 41.9 Å². The lowest BCUT2D eigenvalue weighted by atomic mass is 10.1. The first-order chi connectivity index (χ1) is 18.1. The zero-order valence-electron chi connectivity index (χ0n) is 19.4. The van der Waals surface area contributed by atoms with Gasteiger partial charge in [-0.15, -0.1) is 0 Å². The largest absolute Gasteiger partial charge is 0.431 e. The third kappa shape index (κ3) is 5.73. The van der Waals surface area contributed by atoms with E-state index >= 15 is 0 Å². The third-order valence-electron chi connectivity index (χ3n) is 5.54. The van der Waals surface area contributed by atoms with Crippen molar-refractivity contribution in [1.82, 2.24) is 14.0 Å². The highest BCUT2D eigenvalue weighted by molar-refractivity contribution is 8.15. The lowest BCUT2D eigenvalue weighted by Gasteiger charge is -2.18. The van der Waals surface area contributed by atoms with Crippen molar-refractivity contribution >= 4 is 40.1 Å². The number of aliphatic imine (C=N–C) groups is 1. The van der Waals surface area contributed by atoms with Crippen molar-refractivity contribution in [3.05, 3.63) is 91.0 Å². The summed E-state index contributed by atoms with van der Waals surface area (Å²) in [7, 11) is 0.752. The quantitative estimate of drug-likeness (QED) is 0.393. The number of alkyl halides is 6. The molecule has 0 N–H and O–H groups in total. The van der Waals surface area contributed by atoms with Crippen LogP contribution in [0.4, 0.5) is 36.4 Å². The minimum atomic E-state index is -5.03. The Bertz CT molecular complexity index is 1630. The predicted octanol–water partition coefficient (Wildman–Crippen LogP) is 5.13. The number of amidine groups is 1.